The molecular weight excluding hydrogens is 344 g/mol. The molecule has 22 heavy (non-hydrogen) atoms. The first-order valence-corrected chi connectivity index (χ1v) is 7.75. The fourth-order valence-corrected chi connectivity index (χ4v) is 2.45. The van der Waals surface area contributed by atoms with E-state index in [9.17, 15) is 9.59 Å². The predicted octanol–water partition coefficient (Wildman–Crippen LogP) is 2.92. The van der Waals surface area contributed by atoms with Crippen molar-refractivity contribution < 1.29 is 9.59 Å². The van der Waals surface area contributed by atoms with Gasteiger partial charge in [0.05, 0.1) is 5.56 Å². The lowest BCUT2D eigenvalue weighted by atomic mass is 10.1. The Morgan fingerprint density at radius 3 is 2.32 bits per heavy atom. The van der Waals surface area contributed by atoms with Crippen LogP contribution in [0.25, 0.3) is 0 Å². The van der Waals surface area contributed by atoms with E-state index in [1.807, 2.05) is 37.3 Å². The lowest BCUT2D eigenvalue weighted by molar-refractivity contribution is 0.0927. The van der Waals surface area contributed by atoms with Crippen LogP contribution in [0.5, 0.6) is 0 Å². The minimum absolute atomic E-state index is 0.140. The van der Waals surface area contributed by atoms with Crippen LogP contribution in [0.2, 0.25) is 0 Å². The number of amides is 2. The molecule has 0 atom stereocenters. The van der Waals surface area contributed by atoms with E-state index in [1.165, 1.54) is 0 Å². The Hall–Kier alpha value is -2.14. The lowest BCUT2D eigenvalue weighted by Gasteiger charge is -2.08. The summed E-state index contributed by atoms with van der Waals surface area (Å²) in [5.74, 6) is -0.309. The number of nitrogens with one attached hydrogen (secondary N) is 2. The van der Waals surface area contributed by atoms with Gasteiger partial charge in [0.25, 0.3) is 11.8 Å². The van der Waals surface area contributed by atoms with Crippen molar-refractivity contribution in [1.29, 1.82) is 0 Å². The van der Waals surface area contributed by atoms with Gasteiger partial charge in [-0.15, -0.1) is 0 Å². The molecule has 0 saturated heterocycles. The number of rotatable bonds is 5. The summed E-state index contributed by atoms with van der Waals surface area (Å²) in [4.78, 5) is 23.9. The third-order valence-electron chi connectivity index (χ3n) is 3.09. The van der Waals surface area contributed by atoms with E-state index in [1.54, 1.807) is 18.2 Å². The van der Waals surface area contributed by atoms with Gasteiger partial charge in [0.2, 0.25) is 0 Å². The van der Waals surface area contributed by atoms with E-state index in [4.69, 9.17) is 0 Å². The molecule has 0 heterocycles. The number of benzene rings is 2. The Balaban J connectivity index is 1.79. The van der Waals surface area contributed by atoms with Crippen LogP contribution in [0.15, 0.2) is 53.0 Å². The van der Waals surface area contributed by atoms with E-state index in [2.05, 4.69) is 26.6 Å². The van der Waals surface area contributed by atoms with Crippen LogP contribution in [0.1, 0.15) is 26.3 Å². The van der Waals surface area contributed by atoms with Crippen LogP contribution in [0.4, 0.5) is 0 Å². The van der Waals surface area contributed by atoms with Gasteiger partial charge in [0.1, 0.15) is 0 Å². The van der Waals surface area contributed by atoms with Crippen LogP contribution in [0, 0.1) is 6.92 Å². The quantitative estimate of drug-likeness (QED) is 0.805. The summed E-state index contributed by atoms with van der Waals surface area (Å²) in [6, 6.07) is 14.6. The number of halogens is 1. The van der Waals surface area contributed by atoms with Gasteiger partial charge in [-0.1, -0.05) is 29.8 Å². The van der Waals surface area contributed by atoms with Gasteiger partial charge in [-0.2, -0.15) is 0 Å². The summed E-state index contributed by atoms with van der Waals surface area (Å²) in [5, 5.41) is 5.56. The molecule has 0 aromatic heterocycles. The fraction of sp³-hybridized carbons (Fsp3) is 0.176. The summed E-state index contributed by atoms with van der Waals surface area (Å²) in [7, 11) is 0. The third kappa shape index (κ3) is 4.43. The molecule has 0 fully saturated rings. The molecule has 0 radical (unpaired) electrons. The van der Waals surface area contributed by atoms with Gasteiger partial charge in [-0.25, -0.2) is 0 Å². The molecule has 5 heteroatoms. The average Bonchev–Trinajstić information content (AvgIpc) is 2.51. The highest BCUT2D eigenvalue weighted by atomic mass is 79.9. The Labute approximate surface area is 138 Å². The number of carbonyl (C=O) groups excluding carboxylic acids is 2. The minimum Gasteiger partial charge on any atom is -0.350 e. The topological polar surface area (TPSA) is 58.2 Å². The Bertz CT molecular complexity index is 686. The van der Waals surface area contributed by atoms with Gasteiger partial charge in [0.15, 0.2) is 0 Å². The van der Waals surface area contributed by atoms with E-state index < -0.39 is 0 Å². The molecule has 0 aliphatic carbocycles. The maximum Gasteiger partial charge on any atom is 0.252 e. The minimum atomic E-state index is -0.169. The summed E-state index contributed by atoms with van der Waals surface area (Å²) in [6.45, 7) is 2.69. The maximum atomic E-state index is 12.0. The van der Waals surface area contributed by atoms with Crippen LogP contribution < -0.4 is 10.6 Å². The Kier molecular flexibility index (Phi) is 5.72. The highest BCUT2D eigenvalue weighted by Crippen LogP contribution is 2.15. The molecule has 114 valence electrons. The van der Waals surface area contributed by atoms with Crippen molar-refractivity contribution in [3.63, 3.8) is 0 Å². The summed E-state index contributed by atoms with van der Waals surface area (Å²) >= 11 is 3.34. The molecule has 0 unspecified atom stereocenters. The van der Waals surface area contributed by atoms with Gasteiger partial charge in [-0.3, -0.25) is 9.59 Å². The van der Waals surface area contributed by atoms with E-state index in [0.717, 1.165) is 10.0 Å². The summed E-state index contributed by atoms with van der Waals surface area (Å²) in [5.41, 5.74) is 2.24. The van der Waals surface area contributed by atoms with Gasteiger partial charge < -0.3 is 10.6 Å². The van der Waals surface area contributed by atoms with Crippen molar-refractivity contribution in [3.05, 3.63) is 69.7 Å². The molecule has 2 aromatic rings. The van der Waals surface area contributed by atoms with Gasteiger partial charge >= 0.3 is 0 Å². The van der Waals surface area contributed by atoms with Crippen molar-refractivity contribution >= 4 is 27.7 Å². The van der Waals surface area contributed by atoms with Gasteiger partial charge in [-0.05, 0) is 47.1 Å². The monoisotopic (exact) mass is 360 g/mol. The van der Waals surface area contributed by atoms with Crippen molar-refractivity contribution in [3.8, 4) is 0 Å². The molecule has 0 saturated carbocycles. The molecule has 4 nitrogen and oxygen atoms in total. The van der Waals surface area contributed by atoms with Crippen LogP contribution in [-0.4, -0.2) is 24.9 Å². The molecule has 2 amide bonds. The number of hydrogen-bond acceptors (Lipinski definition) is 2. The number of aryl methyl sites for hydroxylation is 1. The molecule has 0 aliphatic rings. The lowest BCUT2D eigenvalue weighted by Crippen LogP contribution is -2.34. The molecule has 0 aliphatic heterocycles. The highest BCUT2D eigenvalue weighted by molar-refractivity contribution is 9.10. The molecule has 2 N–H and O–H groups in total. The van der Waals surface area contributed by atoms with Crippen molar-refractivity contribution in [1.82, 2.24) is 10.6 Å². The second-order valence-corrected chi connectivity index (χ2v) is 5.72. The zero-order valence-corrected chi connectivity index (χ0v) is 13.8. The zero-order valence-electron chi connectivity index (χ0n) is 12.2. The molecule has 0 bridgehead atoms. The first-order chi connectivity index (χ1) is 10.6. The standard InChI is InChI=1S/C17H17BrN2O2/c1-12-5-4-6-13(11-12)16(21)19-9-10-20-17(22)14-7-2-3-8-15(14)18/h2-8,11H,9-10H2,1H3,(H,19,21)(H,20,22). The van der Waals surface area contributed by atoms with Crippen LogP contribution in [-0.2, 0) is 0 Å². The summed E-state index contributed by atoms with van der Waals surface area (Å²) in [6.07, 6.45) is 0. The summed E-state index contributed by atoms with van der Waals surface area (Å²) < 4.78 is 0.747. The third-order valence-corrected chi connectivity index (χ3v) is 3.79. The second-order valence-electron chi connectivity index (χ2n) is 4.86. The average molecular weight is 361 g/mol. The predicted molar refractivity (Wildman–Crippen MR) is 90.0 cm³/mol. The molecule has 2 aromatic carbocycles. The largest absolute Gasteiger partial charge is 0.350 e. The Morgan fingerprint density at radius 1 is 0.955 bits per heavy atom. The first-order valence-electron chi connectivity index (χ1n) is 6.95. The number of hydrogen-bond donors (Lipinski definition) is 2. The smallest absolute Gasteiger partial charge is 0.252 e. The Morgan fingerprint density at radius 2 is 1.64 bits per heavy atom. The van der Waals surface area contributed by atoms with E-state index in [0.29, 0.717) is 24.2 Å². The first kappa shape index (κ1) is 16.2. The van der Waals surface area contributed by atoms with Crippen molar-refractivity contribution in [2.24, 2.45) is 0 Å². The van der Waals surface area contributed by atoms with Gasteiger partial charge in [0, 0.05) is 23.1 Å². The normalized spacial score (nSPS) is 10.1. The van der Waals surface area contributed by atoms with E-state index in [-0.39, 0.29) is 11.8 Å². The molecular formula is C17H17BrN2O2. The zero-order chi connectivity index (χ0) is 15.9. The number of carbonyl (C=O) groups is 2. The molecule has 2 rings (SSSR count). The van der Waals surface area contributed by atoms with E-state index >= 15 is 0 Å². The highest BCUT2D eigenvalue weighted by Gasteiger charge is 2.09. The van der Waals surface area contributed by atoms with Crippen LogP contribution >= 0.6 is 15.9 Å². The van der Waals surface area contributed by atoms with Crippen molar-refractivity contribution in [2.75, 3.05) is 13.1 Å². The second kappa shape index (κ2) is 7.75. The maximum absolute atomic E-state index is 12.0. The fourth-order valence-electron chi connectivity index (χ4n) is 1.98. The molecule has 0 spiro atoms. The van der Waals surface area contributed by atoms with Crippen LogP contribution in [0.3, 0.4) is 0 Å². The van der Waals surface area contributed by atoms with Crippen molar-refractivity contribution in [2.45, 2.75) is 6.92 Å². The SMILES string of the molecule is Cc1cccc(C(=O)NCCNC(=O)c2ccccc2Br)c1.